The Morgan fingerprint density at radius 2 is 2.16 bits per heavy atom. The summed E-state index contributed by atoms with van der Waals surface area (Å²) in [4.78, 5) is 26.0. The fourth-order valence-electron chi connectivity index (χ4n) is 3.54. The molecule has 0 radical (unpaired) electrons. The van der Waals surface area contributed by atoms with Crippen LogP contribution in [-0.2, 0) is 11.2 Å². The quantitative estimate of drug-likeness (QED) is 0.897. The molecule has 8 nitrogen and oxygen atoms in total. The van der Waals surface area contributed by atoms with E-state index in [1.807, 2.05) is 0 Å². The number of carbonyl (C=O) groups excluding carboxylic acids is 2. The first-order valence-corrected chi connectivity index (χ1v) is 7.97. The van der Waals surface area contributed by atoms with E-state index in [2.05, 4.69) is 20.6 Å². The molecule has 8 heteroatoms. The van der Waals surface area contributed by atoms with Crippen LogP contribution in [0.5, 0.6) is 5.75 Å². The van der Waals surface area contributed by atoms with Gasteiger partial charge in [0, 0.05) is 29.6 Å². The first kappa shape index (κ1) is 15.6. The number of rotatable bonds is 3. The van der Waals surface area contributed by atoms with Crippen LogP contribution < -0.4 is 4.74 Å². The lowest BCUT2D eigenvalue weighted by molar-refractivity contribution is 0.00382. The van der Waals surface area contributed by atoms with Gasteiger partial charge in [0.05, 0.1) is 24.9 Å². The predicted molar refractivity (Wildman–Crippen MR) is 85.5 cm³/mol. The second-order valence-corrected chi connectivity index (χ2v) is 6.07. The molecule has 0 fully saturated rings. The topological polar surface area (TPSA) is 107 Å². The lowest BCUT2D eigenvalue weighted by Gasteiger charge is -2.34. The van der Waals surface area contributed by atoms with Gasteiger partial charge in [0.15, 0.2) is 17.4 Å². The number of Topliss-reactive ketones (excluding diaryl/α,β-unsaturated/α-hetero) is 2. The van der Waals surface area contributed by atoms with Crippen molar-refractivity contribution in [1.29, 1.82) is 0 Å². The molecule has 0 unspecified atom stereocenters. The van der Waals surface area contributed by atoms with Crippen molar-refractivity contribution in [2.75, 3.05) is 7.11 Å². The third-order valence-corrected chi connectivity index (χ3v) is 4.60. The zero-order chi connectivity index (χ0) is 17.6. The molecule has 1 N–H and O–H groups in total. The second kappa shape index (κ2) is 5.89. The summed E-state index contributed by atoms with van der Waals surface area (Å²) >= 11 is 0. The molecule has 0 amide bonds. The van der Waals surface area contributed by atoms with Gasteiger partial charge in [-0.05, 0) is 13.0 Å². The monoisotopic (exact) mass is 340 g/mol. The zero-order valence-electron chi connectivity index (χ0n) is 13.8. The van der Waals surface area contributed by atoms with Crippen molar-refractivity contribution in [3.05, 3.63) is 46.3 Å². The van der Waals surface area contributed by atoms with E-state index in [0.29, 0.717) is 46.7 Å². The predicted octanol–water partition coefficient (Wildman–Crippen LogP) is 1.30. The first-order chi connectivity index (χ1) is 12.1. The molecule has 25 heavy (non-hydrogen) atoms. The molecule has 1 aliphatic carbocycles. The van der Waals surface area contributed by atoms with Gasteiger partial charge in [-0.15, -0.1) is 10.2 Å². The van der Waals surface area contributed by atoms with Crippen LogP contribution in [0, 0.1) is 0 Å². The Kier molecular flexibility index (Phi) is 3.69. The number of aromatic nitrogens is 4. The highest BCUT2D eigenvalue weighted by atomic mass is 16.5. The van der Waals surface area contributed by atoms with Crippen molar-refractivity contribution in [3.63, 3.8) is 0 Å². The van der Waals surface area contributed by atoms with Gasteiger partial charge in [0.2, 0.25) is 0 Å². The lowest BCUT2D eigenvalue weighted by Crippen LogP contribution is -2.38. The molecule has 2 aliphatic rings. The summed E-state index contributed by atoms with van der Waals surface area (Å²) in [6.07, 6.45) is -0.00937. The van der Waals surface area contributed by atoms with Gasteiger partial charge in [-0.3, -0.25) is 9.59 Å². The number of carbonyl (C=O) groups is 2. The van der Waals surface area contributed by atoms with Crippen LogP contribution >= 0.6 is 0 Å². The van der Waals surface area contributed by atoms with E-state index in [4.69, 9.17) is 9.47 Å². The number of tetrazole rings is 1. The standard InChI is InChI=1S/C17H16N4O4/c1-8-14-11(6-9(25-8)7-13-18-20-21-19-13)16(22)10-4-3-5-12(24-2)15(10)17(14)23/h3-5,8-9H,6-7H2,1-2H3,(H,18,19,20,21)/t8-,9-/m1/s1. The molecule has 1 aliphatic heterocycles. The van der Waals surface area contributed by atoms with Crippen LogP contribution in [0.3, 0.4) is 0 Å². The Hall–Kier alpha value is -2.87. The minimum Gasteiger partial charge on any atom is -0.496 e. The average molecular weight is 340 g/mol. The van der Waals surface area contributed by atoms with Crippen molar-refractivity contribution < 1.29 is 19.1 Å². The van der Waals surface area contributed by atoms with Crippen LogP contribution in [0.25, 0.3) is 0 Å². The van der Waals surface area contributed by atoms with Crippen LogP contribution in [0.2, 0.25) is 0 Å². The minimum absolute atomic E-state index is 0.142. The van der Waals surface area contributed by atoms with Gasteiger partial charge in [-0.1, -0.05) is 17.3 Å². The Labute approximate surface area is 143 Å². The smallest absolute Gasteiger partial charge is 0.196 e. The van der Waals surface area contributed by atoms with E-state index in [1.165, 1.54) is 7.11 Å². The summed E-state index contributed by atoms with van der Waals surface area (Å²) in [6, 6.07) is 5.06. The van der Waals surface area contributed by atoms with Gasteiger partial charge in [0.25, 0.3) is 0 Å². The molecule has 128 valence electrons. The summed E-state index contributed by atoms with van der Waals surface area (Å²) in [6.45, 7) is 1.78. The summed E-state index contributed by atoms with van der Waals surface area (Å²) in [5.41, 5.74) is 1.64. The minimum atomic E-state index is -0.491. The SMILES string of the molecule is COc1cccc2c1C(=O)C1=C(C[C@H](Cc3nn[nH]n3)O[C@@H]1C)C2=O. The number of hydrogen-bond acceptors (Lipinski definition) is 7. The second-order valence-electron chi connectivity index (χ2n) is 6.07. The summed E-state index contributed by atoms with van der Waals surface area (Å²) in [7, 11) is 1.49. The number of hydrogen-bond donors (Lipinski definition) is 1. The van der Waals surface area contributed by atoms with Crippen LogP contribution in [0.15, 0.2) is 29.3 Å². The lowest BCUT2D eigenvalue weighted by atomic mass is 9.78. The summed E-state index contributed by atoms with van der Waals surface area (Å²) in [5.74, 6) is 0.575. The van der Waals surface area contributed by atoms with Crippen LogP contribution in [-0.4, -0.2) is 51.5 Å². The molecule has 0 saturated heterocycles. The van der Waals surface area contributed by atoms with Crippen molar-refractivity contribution in [2.45, 2.75) is 32.0 Å². The molecule has 0 bridgehead atoms. The number of fused-ring (bicyclic) bond motifs is 1. The van der Waals surface area contributed by atoms with E-state index < -0.39 is 6.10 Å². The van der Waals surface area contributed by atoms with E-state index in [-0.39, 0.29) is 17.7 Å². The third kappa shape index (κ3) is 2.45. The maximum atomic E-state index is 13.0. The van der Waals surface area contributed by atoms with E-state index in [9.17, 15) is 9.59 Å². The summed E-state index contributed by atoms with van der Waals surface area (Å²) < 4.78 is 11.2. The number of H-pyrrole nitrogens is 1. The van der Waals surface area contributed by atoms with Crippen LogP contribution in [0.4, 0.5) is 0 Å². The highest BCUT2D eigenvalue weighted by Crippen LogP contribution is 2.39. The number of methoxy groups -OCH3 is 1. The number of ether oxygens (including phenoxy) is 2. The molecule has 1 aromatic heterocycles. The maximum Gasteiger partial charge on any atom is 0.196 e. The number of aromatic amines is 1. The molecule has 4 rings (SSSR count). The molecular weight excluding hydrogens is 324 g/mol. The van der Waals surface area contributed by atoms with Crippen LogP contribution in [0.1, 0.15) is 39.9 Å². The maximum absolute atomic E-state index is 13.0. The van der Waals surface area contributed by atoms with Crippen molar-refractivity contribution in [2.24, 2.45) is 0 Å². The fourth-order valence-corrected chi connectivity index (χ4v) is 3.54. The van der Waals surface area contributed by atoms with Crippen molar-refractivity contribution in [3.8, 4) is 5.75 Å². The Bertz CT molecular complexity index is 888. The normalized spacial score (nSPS) is 22.6. The van der Waals surface area contributed by atoms with Gasteiger partial charge < -0.3 is 9.47 Å². The molecule has 0 saturated carbocycles. The third-order valence-electron chi connectivity index (χ3n) is 4.60. The molecule has 1 aromatic carbocycles. The first-order valence-electron chi connectivity index (χ1n) is 7.97. The van der Waals surface area contributed by atoms with E-state index in [0.717, 1.165) is 0 Å². The largest absolute Gasteiger partial charge is 0.496 e. The van der Waals surface area contributed by atoms with Crippen molar-refractivity contribution in [1.82, 2.24) is 20.6 Å². The molecule has 2 aromatic rings. The number of nitrogens with one attached hydrogen (secondary N) is 1. The zero-order valence-corrected chi connectivity index (χ0v) is 13.8. The van der Waals surface area contributed by atoms with E-state index in [1.54, 1.807) is 25.1 Å². The summed E-state index contributed by atoms with van der Waals surface area (Å²) in [5, 5.41) is 13.8. The van der Waals surface area contributed by atoms with E-state index >= 15 is 0 Å². The highest BCUT2D eigenvalue weighted by molar-refractivity contribution is 6.28. The molecule has 2 atom stereocenters. The number of nitrogens with zero attached hydrogens (tertiary/aromatic N) is 3. The van der Waals surface area contributed by atoms with Crippen molar-refractivity contribution >= 4 is 11.6 Å². The Morgan fingerprint density at radius 3 is 2.88 bits per heavy atom. The van der Waals surface area contributed by atoms with Gasteiger partial charge >= 0.3 is 0 Å². The Balaban J connectivity index is 1.73. The number of benzene rings is 1. The average Bonchev–Trinajstić information content (AvgIpc) is 3.11. The van der Waals surface area contributed by atoms with Gasteiger partial charge in [-0.25, -0.2) is 0 Å². The number of ketones is 2. The fraction of sp³-hybridized carbons (Fsp3) is 0.353. The molecule has 2 heterocycles. The van der Waals surface area contributed by atoms with Gasteiger partial charge in [-0.2, -0.15) is 5.21 Å². The Morgan fingerprint density at radius 1 is 1.32 bits per heavy atom. The highest BCUT2D eigenvalue weighted by Gasteiger charge is 2.41. The molecular formula is C17H16N4O4. The molecule has 0 spiro atoms. The van der Waals surface area contributed by atoms with Gasteiger partial charge in [0.1, 0.15) is 5.75 Å².